The molecule has 0 aromatic carbocycles. The monoisotopic (exact) mass is 295 g/mol. The number of carboxylic acids is 1. The van der Waals surface area contributed by atoms with E-state index in [1.54, 1.807) is 24.8 Å². The lowest BCUT2D eigenvalue weighted by molar-refractivity contribution is -0.137. The van der Waals surface area contributed by atoms with Crippen molar-refractivity contribution in [3.63, 3.8) is 0 Å². The number of aryl methyl sites for hydroxylation is 2. The van der Waals surface area contributed by atoms with Gasteiger partial charge in [-0.2, -0.15) is 0 Å². The van der Waals surface area contributed by atoms with E-state index in [4.69, 9.17) is 9.52 Å². The summed E-state index contributed by atoms with van der Waals surface area (Å²) >= 11 is 0. The van der Waals surface area contributed by atoms with Crippen molar-refractivity contribution in [2.75, 3.05) is 13.1 Å². The second-order valence-electron chi connectivity index (χ2n) is 5.32. The van der Waals surface area contributed by atoms with E-state index in [0.717, 1.165) is 25.7 Å². The van der Waals surface area contributed by atoms with Crippen molar-refractivity contribution in [1.29, 1.82) is 0 Å². The molecule has 1 N–H and O–H groups in total. The van der Waals surface area contributed by atoms with E-state index in [1.165, 1.54) is 0 Å². The van der Waals surface area contributed by atoms with Gasteiger partial charge in [-0.15, -0.1) is 0 Å². The Morgan fingerprint density at radius 3 is 2.43 bits per heavy atom. The Hall–Kier alpha value is -1.78. The molecule has 0 fully saturated rings. The van der Waals surface area contributed by atoms with Gasteiger partial charge in [-0.3, -0.25) is 9.59 Å². The van der Waals surface area contributed by atoms with Gasteiger partial charge in [0.15, 0.2) is 0 Å². The van der Waals surface area contributed by atoms with Gasteiger partial charge in [0.05, 0.1) is 12.0 Å². The number of amides is 1. The number of hydrogen-bond donors (Lipinski definition) is 1. The third-order valence-electron chi connectivity index (χ3n) is 3.44. The molecular weight excluding hydrogens is 270 g/mol. The van der Waals surface area contributed by atoms with E-state index in [9.17, 15) is 9.59 Å². The SMILES string of the molecule is CCCCCCN(CCC(=O)O)C(=O)c1cc(C)oc1C. The van der Waals surface area contributed by atoms with Crippen LogP contribution in [0.2, 0.25) is 0 Å². The number of carbonyl (C=O) groups is 2. The Balaban J connectivity index is 2.71. The quantitative estimate of drug-likeness (QED) is 0.709. The predicted molar refractivity (Wildman–Crippen MR) is 80.5 cm³/mol. The van der Waals surface area contributed by atoms with Crippen molar-refractivity contribution in [2.24, 2.45) is 0 Å². The second kappa shape index (κ2) is 8.49. The number of carboxylic acid groups (broad SMARTS) is 1. The van der Waals surface area contributed by atoms with Crippen molar-refractivity contribution in [2.45, 2.75) is 52.9 Å². The summed E-state index contributed by atoms with van der Waals surface area (Å²) in [6.07, 6.45) is 4.18. The van der Waals surface area contributed by atoms with Crippen LogP contribution in [0.15, 0.2) is 10.5 Å². The first kappa shape index (κ1) is 17.3. The molecule has 5 heteroatoms. The molecule has 118 valence electrons. The molecule has 0 aliphatic carbocycles. The molecule has 5 nitrogen and oxygen atoms in total. The van der Waals surface area contributed by atoms with Gasteiger partial charge in [0.25, 0.3) is 5.91 Å². The van der Waals surface area contributed by atoms with Crippen molar-refractivity contribution >= 4 is 11.9 Å². The van der Waals surface area contributed by atoms with Gasteiger partial charge in [-0.05, 0) is 26.3 Å². The molecule has 1 heterocycles. The standard InChI is InChI=1S/C16H25NO4/c1-4-5-6-7-9-17(10-8-15(18)19)16(20)14-11-12(2)21-13(14)3/h11H,4-10H2,1-3H3,(H,18,19). The maximum atomic E-state index is 12.5. The van der Waals surface area contributed by atoms with Gasteiger partial charge >= 0.3 is 5.97 Å². The van der Waals surface area contributed by atoms with Crippen LogP contribution < -0.4 is 0 Å². The Morgan fingerprint density at radius 1 is 1.19 bits per heavy atom. The topological polar surface area (TPSA) is 70.8 Å². The van der Waals surface area contributed by atoms with Gasteiger partial charge in [-0.1, -0.05) is 26.2 Å². The van der Waals surface area contributed by atoms with Crippen molar-refractivity contribution < 1.29 is 19.1 Å². The first-order valence-electron chi connectivity index (χ1n) is 7.53. The lowest BCUT2D eigenvalue weighted by Crippen LogP contribution is -2.34. The molecule has 0 atom stereocenters. The number of rotatable bonds is 9. The molecule has 1 rings (SSSR count). The molecule has 0 saturated heterocycles. The van der Waals surface area contributed by atoms with E-state index < -0.39 is 5.97 Å². The van der Waals surface area contributed by atoms with Gasteiger partial charge < -0.3 is 14.4 Å². The summed E-state index contributed by atoms with van der Waals surface area (Å²) in [5.41, 5.74) is 0.536. The van der Waals surface area contributed by atoms with Gasteiger partial charge in [0, 0.05) is 13.1 Å². The fourth-order valence-electron chi connectivity index (χ4n) is 2.29. The minimum atomic E-state index is -0.888. The fraction of sp³-hybridized carbons (Fsp3) is 0.625. The first-order chi connectivity index (χ1) is 9.95. The minimum absolute atomic E-state index is 0.0323. The smallest absolute Gasteiger partial charge is 0.305 e. The number of nitrogens with zero attached hydrogens (tertiary/aromatic N) is 1. The van der Waals surface area contributed by atoms with E-state index in [-0.39, 0.29) is 18.9 Å². The van der Waals surface area contributed by atoms with Crippen molar-refractivity contribution in [3.05, 3.63) is 23.2 Å². The van der Waals surface area contributed by atoms with Crippen LogP contribution in [0, 0.1) is 13.8 Å². The zero-order valence-electron chi connectivity index (χ0n) is 13.1. The lowest BCUT2D eigenvalue weighted by atomic mass is 10.1. The third-order valence-corrected chi connectivity index (χ3v) is 3.44. The number of furan rings is 1. The van der Waals surface area contributed by atoms with E-state index in [0.29, 0.717) is 23.6 Å². The van der Waals surface area contributed by atoms with Crippen LogP contribution >= 0.6 is 0 Å². The molecule has 1 aromatic heterocycles. The van der Waals surface area contributed by atoms with E-state index >= 15 is 0 Å². The molecule has 21 heavy (non-hydrogen) atoms. The number of aliphatic carboxylic acids is 1. The molecule has 1 aromatic rings. The molecule has 1 amide bonds. The first-order valence-corrected chi connectivity index (χ1v) is 7.53. The summed E-state index contributed by atoms with van der Waals surface area (Å²) in [7, 11) is 0. The number of unbranched alkanes of at least 4 members (excludes halogenated alkanes) is 3. The molecule has 0 spiro atoms. The Labute approximate surface area is 125 Å². The normalized spacial score (nSPS) is 10.6. The highest BCUT2D eigenvalue weighted by molar-refractivity contribution is 5.95. The van der Waals surface area contributed by atoms with Crippen molar-refractivity contribution in [3.8, 4) is 0 Å². The van der Waals surface area contributed by atoms with Crippen LogP contribution in [0.1, 0.15) is 60.9 Å². The summed E-state index contributed by atoms with van der Waals surface area (Å²) in [5, 5.41) is 8.83. The highest BCUT2D eigenvalue weighted by Gasteiger charge is 2.20. The molecular formula is C16H25NO4. The zero-order chi connectivity index (χ0) is 15.8. The van der Waals surface area contributed by atoms with E-state index in [1.807, 2.05) is 0 Å². The summed E-state index contributed by atoms with van der Waals surface area (Å²) in [6.45, 7) is 6.52. The molecule has 0 unspecified atom stereocenters. The van der Waals surface area contributed by atoms with Crippen LogP contribution in [0.5, 0.6) is 0 Å². The highest BCUT2D eigenvalue weighted by Crippen LogP contribution is 2.17. The van der Waals surface area contributed by atoms with Gasteiger partial charge in [0.2, 0.25) is 0 Å². The minimum Gasteiger partial charge on any atom is -0.481 e. The fourth-order valence-corrected chi connectivity index (χ4v) is 2.29. The molecule has 0 bridgehead atoms. The summed E-state index contributed by atoms with van der Waals surface area (Å²) < 4.78 is 5.39. The summed E-state index contributed by atoms with van der Waals surface area (Å²) in [6, 6.07) is 1.72. The molecule has 0 saturated carbocycles. The van der Waals surface area contributed by atoms with Crippen LogP contribution in [-0.2, 0) is 4.79 Å². The highest BCUT2D eigenvalue weighted by atomic mass is 16.4. The summed E-state index contributed by atoms with van der Waals surface area (Å²) in [4.78, 5) is 24.9. The van der Waals surface area contributed by atoms with Crippen LogP contribution in [0.3, 0.4) is 0 Å². The van der Waals surface area contributed by atoms with Crippen LogP contribution in [0.25, 0.3) is 0 Å². The van der Waals surface area contributed by atoms with E-state index in [2.05, 4.69) is 6.92 Å². The predicted octanol–water partition coefficient (Wildman–Crippen LogP) is 3.39. The molecule has 0 aliphatic heterocycles. The Kier molecular flexibility index (Phi) is 6.99. The second-order valence-corrected chi connectivity index (χ2v) is 5.32. The largest absolute Gasteiger partial charge is 0.481 e. The van der Waals surface area contributed by atoms with Crippen LogP contribution in [-0.4, -0.2) is 35.0 Å². The average Bonchev–Trinajstić information content (AvgIpc) is 2.76. The number of carbonyl (C=O) groups excluding carboxylic acids is 1. The maximum absolute atomic E-state index is 12.5. The number of hydrogen-bond acceptors (Lipinski definition) is 3. The van der Waals surface area contributed by atoms with Crippen molar-refractivity contribution in [1.82, 2.24) is 4.90 Å². The van der Waals surface area contributed by atoms with Gasteiger partial charge in [-0.25, -0.2) is 0 Å². The van der Waals surface area contributed by atoms with Gasteiger partial charge in [0.1, 0.15) is 11.5 Å². The van der Waals surface area contributed by atoms with Crippen LogP contribution in [0.4, 0.5) is 0 Å². The lowest BCUT2D eigenvalue weighted by Gasteiger charge is -2.21. The summed E-state index contributed by atoms with van der Waals surface area (Å²) in [5.74, 6) is 0.259. The maximum Gasteiger partial charge on any atom is 0.305 e. The molecule has 0 aliphatic rings. The Bertz CT molecular complexity index is 479. The molecule has 0 radical (unpaired) electrons. The average molecular weight is 295 g/mol. The third kappa shape index (κ3) is 5.61. The zero-order valence-corrected chi connectivity index (χ0v) is 13.1. The Morgan fingerprint density at radius 2 is 1.90 bits per heavy atom.